The lowest BCUT2D eigenvalue weighted by molar-refractivity contribution is 0.289. The van der Waals surface area contributed by atoms with Crippen LogP contribution in [0.2, 0.25) is 0 Å². The number of fused-ring (bicyclic) bond motifs is 1. The molecule has 1 atom stereocenters. The molecule has 1 fully saturated rings. The second-order valence-electron chi connectivity index (χ2n) is 6.77. The summed E-state index contributed by atoms with van der Waals surface area (Å²) in [6.07, 6.45) is 12.4. The van der Waals surface area contributed by atoms with Crippen LogP contribution in [0.25, 0.3) is 16.3 Å². The fourth-order valence-electron chi connectivity index (χ4n) is 4.54. The molecule has 0 radical (unpaired) electrons. The third-order valence-electron chi connectivity index (χ3n) is 5.56. The van der Waals surface area contributed by atoms with E-state index < -0.39 is 0 Å². The summed E-state index contributed by atoms with van der Waals surface area (Å²) in [4.78, 5) is 0. The van der Waals surface area contributed by atoms with Crippen LogP contribution in [0.5, 0.6) is 0 Å². The fraction of sp³-hybridized carbons (Fsp3) is 0.429. The van der Waals surface area contributed by atoms with Crippen molar-refractivity contribution in [3.63, 3.8) is 0 Å². The normalized spacial score (nSPS) is 23.4. The zero-order valence-corrected chi connectivity index (χ0v) is 12.7. The summed E-state index contributed by atoms with van der Waals surface area (Å²) in [6, 6.07) is 15.7. The lowest BCUT2D eigenvalue weighted by Gasteiger charge is -2.30. The monoisotopic (exact) mass is 276 g/mol. The number of allylic oxidation sites excluding steroid dienone is 2. The molecule has 21 heavy (non-hydrogen) atoms. The summed E-state index contributed by atoms with van der Waals surface area (Å²) in [5.41, 5.74) is 3.15. The third-order valence-corrected chi connectivity index (χ3v) is 5.56. The van der Waals surface area contributed by atoms with Crippen molar-refractivity contribution in [1.29, 1.82) is 0 Å². The molecular formula is C21H24. The van der Waals surface area contributed by atoms with Gasteiger partial charge in [-0.2, -0.15) is 0 Å². The smallest absolute Gasteiger partial charge is 0.0109 e. The standard InChI is InChI=1S/C21H24/c1-2-8-16(9-3-1)19-13-7-15-21(19)20-14-6-11-17-10-4-5-12-18(17)20/h4-6,10-12,14-16,19H,1-3,7-9,13H2/t19-/m0/s1. The van der Waals surface area contributed by atoms with Crippen LogP contribution in [0.4, 0.5) is 0 Å². The molecule has 2 aliphatic rings. The zero-order valence-electron chi connectivity index (χ0n) is 12.7. The largest absolute Gasteiger partial charge is 0.0804 e. The second-order valence-corrected chi connectivity index (χ2v) is 6.77. The molecule has 0 aromatic heterocycles. The minimum Gasteiger partial charge on any atom is -0.0804 e. The van der Waals surface area contributed by atoms with Gasteiger partial charge in [0, 0.05) is 0 Å². The highest BCUT2D eigenvalue weighted by molar-refractivity contribution is 5.94. The first-order valence-corrected chi connectivity index (χ1v) is 8.62. The van der Waals surface area contributed by atoms with E-state index in [0.29, 0.717) is 0 Å². The Balaban J connectivity index is 1.73. The van der Waals surface area contributed by atoms with E-state index in [1.165, 1.54) is 61.3 Å². The van der Waals surface area contributed by atoms with Gasteiger partial charge < -0.3 is 0 Å². The van der Waals surface area contributed by atoms with E-state index in [9.17, 15) is 0 Å². The minimum atomic E-state index is 0.816. The first-order valence-electron chi connectivity index (χ1n) is 8.62. The van der Waals surface area contributed by atoms with Crippen LogP contribution >= 0.6 is 0 Å². The molecule has 4 rings (SSSR count). The van der Waals surface area contributed by atoms with Gasteiger partial charge in [0.05, 0.1) is 0 Å². The zero-order chi connectivity index (χ0) is 14.1. The molecule has 0 bridgehead atoms. The van der Waals surface area contributed by atoms with Crippen LogP contribution in [0.15, 0.2) is 48.5 Å². The molecule has 0 nitrogen and oxygen atoms in total. The maximum atomic E-state index is 2.53. The quantitative estimate of drug-likeness (QED) is 0.611. The Bertz CT molecular complexity index is 653. The van der Waals surface area contributed by atoms with E-state index >= 15 is 0 Å². The van der Waals surface area contributed by atoms with Gasteiger partial charge in [0.25, 0.3) is 0 Å². The van der Waals surface area contributed by atoms with Gasteiger partial charge in [-0.15, -0.1) is 0 Å². The predicted octanol–water partition coefficient (Wildman–Crippen LogP) is 6.21. The summed E-state index contributed by atoms with van der Waals surface area (Å²) in [6.45, 7) is 0. The van der Waals surface area contributed by atoms with Crippen molar-refractivity contribution in [2.45, 2.75) is 44.9 Å². The van der Waals surface area contributed by atoms with Gasteiger partial charge in [-0.05, 0) is 59.4 Å². The Hall–Kier alpha value is -1.56. The summed E-state index contributed by atoms with van der Waals surface area (Å²) >= 11 is 0. The molecule has 0 aliphatic heterocycles. The maximum absolute atomic E-state index is 2.53. The summed E-state index contributed by atoms with van der Waals surface area (Å²) in [5.74, 6) is 1.75. The third kappa shape index (κ3) is 2.41. The lowest BCUT2D eigenvalue weighted by Crippen LogP contribution is -2.17. The summed E-state index contributed by atoms with van der Waals surface area (Å²) < 4.78 is 0. The number of hydrogen-bond donors (Lipinski definition) is 0. The molecule has 0 spiro atoms. The summed E-state index contributed by atoms with van der Waals surface area (Å²) in [5, 5.41) is 2.82. The Morgan fingerprint density at radius 2 is 1.57 bits per heavy atom. The highest BCUT2D eigenvalue weighted by Crippen LogP contribution is 2.45. The van der Waals surface area contributed by atoms with Gasteiger partial charge in [0.2, 0.25) is 0 Å². The highest BCUT2D eigenvalue weighted by atomic mass is 14.3. The first-order chi connectivity index (χ1) is 10.4. The van der Waals surface area contributed by atoms with Crippen molar-refractivity contribution in [3.8, 4) is 0 Å². The molecule has 0 N–H and O–H groups in total. The molecule has 1 saturated carbocycles. The predicted molar refractivity (Wildman–Crippen MR) is 91.2 cm³/mol. The molecule has 2 aromatic carbocycles. The molecule has 0 heterocycles. The molecule has 2 aliphatic carbocycles. The Morgan fingerprint density at radius 3 is 2.48 bits per heavy atom. The van der Waals surface area contributed by atoms with Crippen LogP contribution in [0.1, 0.15) is 50.5 Å². The molecule has 0 heteroatoms. The van der Waals surface area contributed by atoms with Gasteiger partial charge in [-0.3, -0.25) is 0 Å². The van der Waals surface area contributed by atoms with Crippen LogP contribution in [0.3, 0.4) is 0 Å². The Morgan fingerprint density at radius 1 is 0.762 bits per heavy atom. The van der Waals surface area contributed by atoms with Gasteiger partial charge in [-0.1, -0.05) is 67.8 Å². The average Bonchev–Trinajstić information content (AvgIpc) is 3.04. The van der Waals surface area contributed by atoms with Gasteiger partial charge >= 0.3 is 0 Å². The van der Waals surface area contributed by atoms with Crippen molar-refractivity contribution >= 4 is 16.3 Å². The van der Waals surface area contributed by atoms with Crippen LogP contribution in [-0.4, -0.2) is 0 Å². The topological polar surface area (TPSA) is 0 Å². The second kappa shape index (κ2) is 5.67. The molecule has 108 valence electrons. The van der Waals surface area contributed by atoms with Crippen LogP contribution < -0.4 is 0 Å². The van der Waals surface area contributed by atoms with E-state index in [1.807, 2.05) is 0 Å². The van der Waals surface area contributed by atoms with Crippen molar-refractivity contribution in [2.75, 3.05) is 0 Å². The molecule has 0 saturated heterocycles. The van der Waals surface area contributed by atoms with Crippen molar-refractivity contribution in [2.24, 2.45) is 11.8 Å². The lowest BCUT2D eigenvalue weighted by atomic mass is 9.75. The summed E-state index contributed by atoms with van der Waals surface area (Å²) in [7, 11) is 0. The Kier molecular flexibility index (Phi) is 3.55. The van der Waals surface area contributed by atoms with Crippen LogP contribution in [0, 0.1) is 11.8 Å². The van der Waals surface area contributed by atoms with Gasteiger partial charge in [0.15, 0.2) is 0 Å². The highest BCUT2D eigenvalue weighted by Gasteiger charge is 2.30. The van der Waals surface area contributed by atoms with E-state index in [1.54, 1.807) is 5.57 Å². The van der Waals surface area contributed by atoms with Crippen molar-refractivity contribution in [1.82, 2.24) is 0 Å². The SMILES string of the molecule is C1=C(c2cccc3ccccc23)[C@H](C2CCCCC2)CC1. The van der Waals surface area contributed by atoms with E-state index in [4.69, 9.17) is 0 Å². The van der Waals surface area contributed by atoms with E-state index in [-0.39, 0.29) is 0 Å². The van der Waals surface area contributed by atoms with Gasteiger partial charge in [0.1, 0.15) is 0 Å². The fourth-order valence-corrected chi connectivity index (χ4v) is 4.54. The average molecular weight is 276 g/mol. The Labute approximate surface area is 127 Å². The first kappa shape index (κ1) is 13.1. The molecule has 2 aromatic rings. The molecule has 0 unspecified atom stereocenters. The number of rotatable bonds is 2. The molecule has 0 amide bonds. The maximum Gasteiger partial charge on any atom is -0.0109 e. The van der Waals surface area contributed by atoms with E-state index in [0.717, 1.165) is 11.8 Å². The van der Waals surface area contributed by atoms with Crippen molar-refractivity contribution in [3.05, 3.63) is 54.1 Å². The molecular weight excluding hydrogens is 252 g/mol. The van der Waals surface area contributed by atoms with E-state index in [2.05, 4.69) is 48.5 Å². The number of benzene rings is 2. The number of hydrogen-bond acceptors (Lipinski definition) is 0. The minimum absolute atomic E-state index is 0.816. The van der Waals surface area contributed by atoms with Crippen LogP contribution in [-0.2, 0) is 0 Å². The van der Waals surface area contributed by atoms with Gasteiger partial charge in [-0.25, -0.2) is 0 Å². The van der Waals surface area contributed by atoms with Crippen molar-refractivity contribution < 1.29 is 0 Å².